The molecular formula is C40H58ClN3. The first-order chi connectivity index (χ1) is 21.3. The quantitative estimate of drug-likeness (QED) is 0.228. The van der Waals surface area contributed by atoms with Crippen LogP contribution in [0.3, 0.4) is 0 Å². The zero-order chi connectivity index (χ0) is 31.9. The minimum atomic E-state index is 0.240. The molecule has 4 aliphatic rings. The third-order valence-corrected chi connectivity index (χ3v) is 11.7. The van der Waals surface area contributed by atoms with Crippen LogP contribution in [0.4, 0.5) is 0 Å². The average molecular weight is 616 g/mol. The predicted molar refractivity (Wildman–Crippen MR) is 192 cm³/mol. The van der Waals surface area contributed by atoms with E-state index in [-0.39, 0.29) is 5.41 Å². The maximum absolute atomic E-state index is 4.73. The van der Waals surface area contributed by atoms with Gasteiger partial charge in [-0.2, -0.15) is 0 Å². The summed E-state index contributed by atoms with van der Waals surface area (Å²) in [5.41, 5.74) is 6.20. The molecule has 7 atom stereocenters. The van der Waals surface area contributed by atoms with Crippen LogP contribution in [0.25, 0.3) is 16.7 Å². The van der Waals surface area contributed by atoms with Crippen molar-refractivity contribution in [1.82, 2.24) is 14.5 Å². The number of alkyl halides is 1. The van der Waals surface area contributed by atoms with Gasteiger partial charge >= 0.3 is 0 Å². The van der Waals surface area contributed by atoms with Crippen molar-refractivity contribution < 1.29 is 0 Å². The van der Waals surface area contributed by atoms with Crippen molar-refractivity contribution in [2.24, 2.45) is 34.5 Å². The Balaban J connectivity index is 0.000000576. The lowest BCUT2D eigenvalue weighted by atomic mass is 9.47. The minimum Gasteiger partial charge on any atom is -0.352 e. The Hall–Kier alpha value is -2.52. The van der Waals surface area contributed by atoms with Gasteiger partial charge in [0.15, 0.2) is 0 Å². The largest absolute Gasteiger partial charge is 0.352 e. The first kappa shape index (κ1) is 34.4. The fourth-order valence-electron chi connectivity index (χ4n) is 8.92. The summed E-state index contributed by atoms with van der Waals surface area (Å²) in [5, 5.41) is 0. The van der Waals surface area contributed by atoms with Gasteiger partial charge in [0.2, 0.25) is 0 Å². The monoisotopic (exact) mass is 615 g/mol. The standard InChI is InChI=1S/C34H45N3.C5H10.CH3Cl/c1-6-24(3)18-21-36(7-2)26-16-19-33(4)25(22-26)12-13-27-28-14-15-32(34(28,5)20-17-29(27)33)37-23-35-30-10-8-9-11-31(30)37;1-3-5-4-2;1-2/h7-12,15,18,21,23-24,26-29H,2,6,13-14,16-17,19-20,22H2,1,3-5H3;3,5H,4H2,1-2H3;1H3/b21-18-;5-3-;/t24?,26-,27?,28?,29?,33-,34-;;/m0../s1. The highest BCUT2D eigenvalue weighted by Gasteiger charge is 2.57. The summed E-state index contributed by atoms with van der Waals surface area (Å²) in [5.74, 6) is 2.95. The Morgan fingerprint density at radius 1 is 1.07 bits per heavy atom. The van der Waals surface area contributed by atoms with E-state index in [0.717, 1.165) is 29.7 Å². The fraction of sp³-hybridized carbons (Fsp3) is 0.575. The molecule has 0 saturated heterocycles. The van der Waals surface area contributed by atoms with Gasteiger partial charge in [0.05, 0.1) is 11.0 Å². The molecular weight excluding hydrogens is 558 g/mol. The smallest absolute Gasteiger partial charge is 0.100 e. The third-order valence-electron chi connectivity index (χ3n) is 11.7. The molecule has 0 bridgehead atoms. The summed E-state index contributed by atoms with van der Waals surface area (Å²) in [7, 11) is 0. The molecule has 0 N–H and O–H groups in total. The molecule has 240 valence electrons. The van der Waals surface area contributed by atoms with Gasteiger partial charge in [0.1, 0.15) is 6.33 Å². The van der Waals surface area contributed by atoms with E-state index in [4.69, 9.17) is 4.98 Å². The van der Waals surface area contributed by atoms with E-state index in [0.29, 0.717) is 17.4 Å². The van der Waals surface area contributed by atoms with Crippen LogP contribution in [0.15, 0.2) is 85.5 Å². The van der Waals surface area contributed by atoms with Gasteiger partial charge in [-0.15, -0.1) is 11.6 Å². The van der Waals surface area contributed by atoms with E-state index in [9.17, 15) is 0 Å². The Bertz CT molecular complexity index is 1360. The molecule has 1 aromatic heterocycles. The number of aromatic nitrogens is 2. The second-order valence-corrected chi connectivity index (χ2v) is 13.9. The molecule has 0 spiro atoms. The van der Waals surface area contributed by atoms with Gasteiger partial charge in [-0.3, -0.25) is 0 Å². The molecule has 4 unspecified atom stereocenters. The summed E-state index contributed by atoms with van der Waals surface area (Å²) in [6.07, 6.45) is 30.9. The van der Waals surface area contributed by atoms with E-state index in [1.54, 1.807) is 5.57 Å². The molecule has 1 heterocycles. The van der Waals surface area contributed by atoms with Crippen molar-refractivity contribution in [3.63, 3.8) is 0 Å². The first-order valence-electron chi connectivity index (χ1n) is 17.2. The molecule has 4 aliphatic carbocycles. The van der Waals surface area contributed by atoms with Crippen molar-refractivity contribution in [3.8, 4) is 0 Å². The van der Waals surface area contributed by atoms with E-state index in [1.165, 1.54) is 69.0 Å². The first-order valence-corrected chi connectivity index (χ1v) is 18.0. The van der Waals surface area contributed by atoms with Gasteiger partial charge in [-0.05, 0) is 106 Å². The topological polar surface area (TPSA) is 21.1 Å². The van der Waals surface area contributed by atoms with Crippen LogP contribution in [0.5, 0.6) is 0 Å². The molecule has 44 heavy (non-hydrogen) atoms. The number of hydrogen-bond donors (Lipinski definition) is 0. The minimum absolute atomic E-state index is 0.240. The van der Waals surface area contributed by atoms with Crippen LogP contribution in [0.2, 0.25) is 0 Å². The Kier molecular flexibility index (Phi) is 11.8. The van der Waals surface area contributed by atoms with Crippen LogP contribution in [-0.2, 0) is 0 Å². The van der Waals surface area contributed by atoms with E-state index in [2.05, 4.69) is 136 Å². The highest BCUT2D eigenvalue weighted by molar-refractivity contribution is 6.15. The highest BCUT2D eigenvalue weighted by Crippen LogP contribution is 2.66. The summed E-state index contributed by atoms with van der Waals surface area (Å²) in [4.78, 5) is 7.13. The van der Waals surface area contributed by atoms with Crippen molar-refractivity contribution in [2.75, 3.05) is 6.38 Å². The number of imidazole rings is 1. The van der Waals surface area contributed by atoms with Crippen LogP contribution in [0, 0.1) is 34.5 Å². The molecule has 0 aliphatic heterocycles. The van der Waals surface area contributed by atoms with Crippen LogP contribution >= 0.6 is 11.6 Å². The molecule has 1 aromatic carbocycles. The van der Waals surface area contributed by atoms with Crippen LogP contribution in [-0.4, -0.2) is 26.9 Å². The maximum Gasteiger partial charge on any atom is 0.100 e. The molecule has 6 rings (SSSR count). The summed E-state index contributed by atoms with van der Waals surface area (Å²) < 4.78 is 2.41. The maximum atomic E-state index is 4.73. The van der Waals surface area contributed by atoms with Gasteiger partial charge in [0.25, 0.3) is 0 Å². The fourth-order valence-corrected chi connectivity index (χ4v) is 8.92. The lowest BCUT2D eigenvalue weighted by molar-refractivity contribution is -0.0163. The number of fused-ring (bicyclic) bond motifs is 6. The van der Waals surface area contributed by atoms with Gasteiger partial charge in [-0.25, -0.2) is 4.98 Å². The Morgan fingerprint density at radius 2 is 1.82 bits per heavy atom. The van der Waals surface area contributed by atoms with Crippen molar-refractivity contribution in [1.29, 1.82) is 0 Å². The Labute approximate surface area is 273 Å². The molecule has 0 amide bonds. The average Bonchev–Trinajstić information content (AvgIpc) is 3.63. The number of para-hydroxylation sites is 2. The number of hydrogen-bond acceptors (Lipinski definition) is 2. The number of rotatable bonds is 7. The second kappa shape index (κ2) is 15.2. The number of allylic oxidation sites excluding steroid dienone is 6. The van der Waals surface area contributed by atoms with Gasteiger partial charge in [0, 0.05) is 29.7 Å². The molecule has 3 nitrogen and oxygen atoms in total. The van der Waals surface area contributed by atoms with Crippen molar-refractivity contribution in [2.45, 2.75) is 105 Å². The summed E-state index contributed by atoms with van der Waals surface area (Å²) in [6, 6.07) is 9.15. The SMILES string of the molecule is C/C=C\CC.C=CN(/C=C\C(C)CC)[C@H]1CC[C@@]2(C)C(=CCC3C2CC[C@]2(C)C(n4cnc5ccccc54)=CCC32)C1.CCl. The Morgan fingerprint density at radius 3 is 2.50 bits per heavy atom. The van der Waals surface area contributed by atoms with Gasteiger partial charge < -0.3 is 9.47 Å². The lowest BCUT2D eigenvalue weighted by Gasteiger charge is -2.58. The molecule has 2 fully saturated rings. The molecule has 0 radical (unpaired) electrons. The van der Waals surface area contributed by atoms with Crippen molar-refractivity contribution in [3.05, 3.63) is 85.5 Å². The van der Waals surface area contributed by atoms with E-state index in [1.807, 2.05) is 6.92 Å². The zero-order valence-electron chi connectivity index (χ0n) is 28.6. The third kappa shape index (κ3) is 6.55. The second-order valence-electron chi connectivity index (χ2n) is 13.9. The number of benzene rings is 1. The summed E-state index contributed by atoms with van der Waals surface area (Å²) in [6.45, 7) is 18.1. The lowest BCUT2D eigenvalue weighted by Crippen LogP contribution is -2.50. The molecule has 2 saturated carbocycles. The van der Waals surface area contributed by atoms with Crippen LogP contribution in [0.1, 0.15) is 99.3 Å². The zero-order valence-corrected chi connectivity index (χ0v) is 29.4. The van der Waals surface area contributed by atoms with E-state index < -0.39 is 0 Å². The number of nitrogens with zero attached hydrogens (tertiary/aromatic N) is 3. The molecule has 2 aromatic rings. The normalized spacial score (nSPS) is 31.5. The van der Waals surface area contributed by atoms with E-state index >= 15 is 0 Å². The van der Waals surface area contributed by atoms with Gasteiger partial charge in [-0.1, -0.05) is 95.7 Å². The predicted octanol–water partition coefficient (Wildman–Crippen LogP) is 11.7. The molecule has 4 heteroatoms. The van der Waals surface area contributed by atoms with Crippen LogP contribution < -0.4 is 0 Å². The highest BCUT2D eigenvalue weighted by atomic mass is 35.5. The summed E-state index contributed by atoms with van der Waals surface area (Å²) >= 11 is 4.64. The number of halogens is 1. The van der Waals surface area contributed by atoms with Crippen molar-refractivity contribution >= 4 is 28.3 Å².